The van der Waals surface area contributed by atoms with Gasteiger partial charge in [-0.05, 0) is 57.7 Å². The molecule has 0 aliphatic heterocycles. The van der Waals surface area contributed by atoms with E-state index in [9.17, 15) is 4.79 Å². The molecule has 0 saturated heterocycles. The van der Waals surface area contributed by atoms with Crippen LogP contribution in [0, 0.1) is 4.77 Å². The lowest BCUT2D eigenvalue weighted by molar-refractivity contribution is 0.0409. The van der Waals surface area contributed by atoms with E-state index in [1.807, 2.05) is 24.3 Å². The minimum absolute atomic E-state index is 0.0116. The average molecular weight is 289 g/mol. The zero-order valence-corrected chi connectivity index (χ0v) is 12.7. The summed E-state index contributed by atoms with van der Waals surface area (Å²) in [5.74, 6) is 0. The highest BCUT2D eigenvalue weighted by Crippen LogP contribution is 2.37. The topological polar surface area (TPSA) is 41.0 Å². The molecular formula is C15H19N3OS. The summed E-state index contributed by atoms with van der Waals surface area (Å²) in [7, 11) is 4.16. The molecule has 1 fully saturated rings. The van der Waals surface area contributed by atoms with Crippen LogP contribution in [0.25, 0.3) is 10.9 Å². The summed E-state index contributed by atoms with van der Waals surface area (Å²) in [5, 5.41) is 0.703. The second kappa shape index (κ2) is 4.82. The summed E-state index contributed by atoms with van der Waals surface area (Å²) in [6.45, 7) is 0.666. The minimum Gasteiger partial charge on any atom is -0.332 e. The molecule has 1 aliphatic carbocycles. The maximum absolute atomic E-state index is 12.6. The number of aromatic amines is 1. The number of benzene rings is 1. The normalized spacial score (nSPS) is 17.4. The summed E-state index contributed by atoms with van der Waals surface area (Å²) < 4.78 is 2.23. The van der Waals surface area contributed by atoms with Crippen molar-refractivity contribution in [2.45, 2.75) is 31.3 Å². The molecule has 0 bridgehead atoms. The largest absolute Gasteiger partial charge is 0.332 e. The van der Waals surface area contributed by atoms with Gasteiger partial charge >= 0.3 is 0 Å². The number of likely N-dealkylation sites (N-methyl/N-ethyl adjacent to an activating group) is 1. The molecule has 5 heteroatoms. The van der Waals surface area contributed by atoms with Crippen LogP contribution in [0.5, 0.6) is 0 Å². The fourth-order valence-corrected chi connectivity index (χ4v) is 3.23. The van der Waals surface area contributed by atoms with Gasteiger partial charge in [-0.1, -0.05) is 12.1 Å². The lowest BCUT2D eigenvalue weighted by atomic mass is 9.75. The van der Waals surface area contributed by atoms with Crippen LogP contribution in [-0.2, 0) is 6.54 Å². The number of nitrogens with one attached hydrogen (secondary N) is 1. The van der Waals surface area contributed by atoms with E-state index >= 15 is 0 Å². The Morgan fingerprint density at radius 2 is 2.05 bits per heavy atom. The quantitative estimate of drug-likeness (QED) is 0.883. The third kappa shape index (κ3) is 2.01. The van der Waals surface area contributed by atoms with E-state index in [2.05, 4.69) is 24.0 Å². The summed E-state index contributed by atoms with van der Waals surface area (Å²) in [6, 6.07) is 7.53. The third-order valence-corrected chi connectivity index (χ3v) is 4.90. The number of para-hydroxylation sites is 1. The highest BCUT2D eigenvalue weighted by atomic mass is 32.1. The Morgan fingerprint density at radius 1 is 1.35 bits per heavy atom. The average Bonchev–Trinajstić information content (AvgIpc) is 2.36. The fraction of sp³-hybridized carbons (Fsp3) is 0.467. The van der Waals surface area contributed by atoms with Gasteiger partial charge in [-0.15, -0.1) is 0 Å². The summed E-state index contributed by atoms with van der Waals surface area (Å²) in [6.07, 6.45) is 3.46. The zero-order chi connectivity index (χ0) is 14.3. The number of H-pyrrole nitrogens is 1. The van der Waals surface area contributed by atoms with E-state index in [-0.39, 0.29) is 11.1 Å². The monoisotopic (exact) mass is 289 g/mol. The van der Waals surface area contributed by atoms with Gasteiger partial charge in [0.25, 0.3) is 5.56 Å². The zero-order valence-electron chi connectivity index (χ0n) is 11.8. The predicted molar refractivity (Wildman–Crippen MR) is 83.7 cm³/mol. The molecule has 0 radical (unpaired) electrons. The second-order valence-electron chi connectivity index (χ2n) is 5.84. The number of fused-ring (bicyclic) bond motifs is 1. The van der Waals surface area contributed by atoms with Gasteiger partial charge < -0.3 is 9.88 Å². The summed E-state index contributed by atoms with van der Waals surface area (Å²) in [5.41, 5.74) is 0.900. The van der Waals surface area contributed by atoms with Gasteiger partial charge in [-0.3, -0.25) is 9.36 Å². The Labute approximate surface area is 123 Å². The van der Waals surface area contributed by atoms with Gasteiger partial charge in [0, 0.05) is 12.1 Å². The molecule has 0 atom stereocenters. The van der Waals surface area contributed by atoms with Crippen molar-refractivity contribution in [3.05, 3.63) is 39.4 Å². The molecular weight excluding hydrogens is 270 g/mol. The molecule has 2 aromatic rings. The van der Waals surface area contributed by atoms with Crippen molar-refractivity contribution < 1.29 is 0 Å². The number of hydrogen-bond acceptors (Lipinski definition) is 3. The molecule has 106 valence electrons. The van der Waals surface area contributed by atoms with Crippen LogP contribution in [0.3, 0.4) is 0 Å². The Hall–Kier alpha value is -1.46. The van der Waals surface area contributed by atoms with Crippen molar-refractivity contribution in [1.82, 2.24) is 14.5 Å². The van der Waals surface area contributed by atoms with Crippen LogP contribution in [0.1, 0.15) is 19.3 Å². The van der Waals surface area contributed by atoms with Crippen molar-refractivity contribution in [1.29, 1.82) is 0 Å². The maximum atomic E-state index is 12.6. The van der Waals surface area contributed by atoms with Crippen LogP contribution in [0.4, 0.5) is 0 Å². The van der Waals surface area contributed by atoms with Crippen LogP contribution in [0.2, 0.25) is 0 Å². The molecule has 1 N–H and O–H groups in total. The van der Waals surface area contributed by atoms with Gasteiger partial charge in [0.05, 0.1) is 10.9 Å². The highest BCUT2D eigenvalue weighted by Gasteiger charge is 2.39. The van der Waals surface area contributed by atoms with E-state index in [1.54, 1.807) is 4.57 Å². The smallest absolute Gasteiger partial charge is 0.262 e. The summed E-state index contributed by atoms with van der Waals surface area (Å²) in [4.78, 5) is 18.0. The number of aromatic nitrogens is 2. The van der Waals surface area contributed by atoms with Crippen molar-refractivity contribution in [3.63, 3.8) is 0 Å². The van der Waals surface area contributed by atoms with Crippen LogP contribution >= 0.6 is 12.2 Å². The number of nitrogens with zero attached hydrogens (tertiary/aromatic N) is 2. The highest BCUT2D eigenvalue weighted by molar-refractivity contribution is 7.71. The molecule has 0 unspecified atom stereocenters. The Bertz CT molecular complexity index is 756. The van der Waals surface area contributed by atoms with E-state index in [4.69, 9.17) is 12.2 Å². The van der Waals surface area contributed by atoms with Gasteiger partial charge in [-0.25, -0.2) is 0 Å². The molecule has 1 aromatic carbocycles. The van der Waals surface area contributed by atoms with E-state index in [0.29, 0.717) is 16.7 Å². The molecule has 20 heavy (non-hydrogen) atoms. The molecule has 1 saturated carbocycles. The maximum Gasteiger partial charge on any atom is 0.262 e. The Kier molecular flexibility index (Phi) is 3.26. The van der Waals surface area contributed by atoms with Crippen molar-refractivity contribution >= 4 is 23.1 Å². The first-order valence-corrected chi connectivity index (χ1v) is 7.34. The Balaban J connectivity index is 2.13. The van der Waals surface area contributed by atoms with Gasteiger partial charge in [0.1, 0.15) is 0 Å². The van der Waals surface area contributed by atoms with Crippen LogP contribution < -0.4 is 5.56 Å². The van der Waals surface area contributed by atoms with Gasteiger partial charge in [0.2, 0.25) is 0 Å². The molecule has 1 heterocycles. The summed E-state index contributed by atoms with van der Waals surface area (Å²) >= 11 is 5.38. The van der Waals surface area contributed by atoms with Crippen LogP contribution in [0.15, 0.2) is 29.1 Å². The van der Waals surface area contributed by atoms with Crippen molar-refractivity contribution in [2.24, 2.45) is 0 Å². The van der Waals surface area contributed by atoms with Crippen molar-refractivity contribution in [2.75, 3.05) is 14.1 Å². The minimum atomic E-state index is 0.0116. The number of rotatable bonds is 3. The SMILES string of the molecule is CN(C)C1(Cn2c(=S)[nH]c3ccccc3c2=O)CCC1. The van der Waals surface area contributed by atoms with Crippen LogP contribution in [-0.4, -0.2) is 34.1 Å². The number of hydrogen-bond donors (Lipinski definition) is 1. The van der Waals surface area contributed by atoms with E-state index < -0.39 is 0 Å². The molecule has 3 rings (SSSR count). The molecule has 0 spiro atoms. The standard InChI is InChI=1S/C15H19N3OS/c1-17(2)15(8-5-9-15)10-18-13(19)11-6-3-4-7-12(11)16-14(18)20/h3-4,6-7H,5,8-10H2,1-2H3,(H,16,20). The molecule has 4 nitrogen and oxygen atoms in total. The molecule has 1 aliphatic rings. The Morgan fingerprint density at radius 3 is 2.65 bits per heavy atom. The molecule has 1 aromatic heterocycles. The van der Waals surface area contributed by atoms with Gasteiger partial charge in [0.15, 0.2) is 4.77 Å². The lowest BCUT2D eigenvalue weighted by Crippen LogP contribution is -2.54. The third-order valence-electron chi connectivity index (χ3n) is 4.57. The molecule has 0 amide bonds. The lowest BCUT2D eigenvalue weighted by Gasteiger charge is -2.47. The van der Waals surface area contributed by atoms with E-state index in [1.165, 1.54) is 6.42 Å². The van der Waals surface area contributed by atoms with Gasteiger partial charge in [-0.2, -0.15) is 0 Å². The predicted octanol–water partition coefficient (Wildman–Crippen LogP) is 2.54. The first-order valence-electron chi connectivity index (χ1n) is 6.93. The first kappa shape index (κ1) is 13.5. The fourth-order valence-electron chi connectivity index (χ4n) is 2.97. The first-order chi connectivity index (χ1) is 9.53. The van der Waals surface area contributed by atoms with E-state index in [0.717, 1.165) is 18.4 Å². The van der Waals surface area contributed by atoms with Crippen molar-refractivity contribution in [3.8, 4) is 0 Å². The second-order valence-corrected chi connectivity index (χ2v) is 6.23.